The maximum atomic E-state index is 13.0. The molecule has 1 saturated heterocycles. The molecule has 0 bridgehead atoms. The van der Waals surface area contributed by atoms with Crippen LogP contribution < -0.4 is 15.4 Å². The van der Waals surface area contributed by atoms with E-state index in [4.69, 9.17) is 4.74 Å². The summed E-state index contributed by atoms with van der Waals surface area (Å²) in [4.78, 5) is 11.8. The summed E-state index contributed by atoms with van der Waals surface area (Å²) in [6.07, 6.45) is 1.39. The number of ether oxygens (including phenoxy) is 1. The van der Waals surface area contributed by atoms with Gasteiger partial charge in [-0.3, -0.25) is 4.79 Å². The molecule has 1 fully saturated rings. The van der Waals surface area contributed by atoms with Crippen molar-refractivity contribution in [3.05, 3.63) is 29.8 Å². The summed E-state index contributed by atoms with van der Waals surface area (Å²) >= 11 is 0. The molecular formula is C14H18F2N2O2. The number of benzene rings is 1. The van der Waals surface area contributed by atoms with Gasteiger partial charge in [-0.1, -0.05) is 0 Å². The van der Waals surface area contributed by atoms with E-state index in [1.54, 1.807) is 6.92 Å². The van der Waals surface area contributed by atoms with Crippen molar-refractivity contribution in [1.29, 1.82) is 0 Å². The highest BCUT2D eigenvalue weighted by molar-refractivity contribution is 5.80. The molecule has 2 rings (SSSR count). The predicted molar refractivity (Wildman–Crippen MR) is 70.5 cm³/mol. The van der Waals surface area contributed by atoms with Gasteiger partial charge in [0, 0.05) is 18.7 Å². The summed E-state index contributed by atoms with van der Waals surface area (Å²) in [6, 6.07) is 3.49. The molecule has 4 nitrogen and oxygen atoms in total. The minimum absolute atomic E-state index is 0.130. The molecule has 0 aliphatic carbocycles. The van der Waals surface area contributed by atoms with Crippen LogP contribution in [0.15, 0.2) is 18.2 Å². The molecule has 1 amide bonds. The molecule has 1 aliphatic heterocycles. The van der Waals surface area contributed by atoms with Crippen LogP contribution in [0.4, 0.5) is 8.78 Å². The fourth-order valence-electron chi connectivity index (χ4n) is 2.11. The van der Waals surface area contributed by atoms with Crippen LogP contribution in [0.5, 0.6) is 5.75 Å². The molecule has 6 heteroatoms. The van der Waals surface area contributed by atoms with Gasteiger partial charge < -0.3 is 15.4 Å². The van der Waals surface area contributed by atoms with E-state index in [0.717, 1.165) is 31.5 Å². The zero-order valence-electron chi connectivity index (χ0n) is 11.3. The molecule has 0 radical (unpaired) electrons. The Labute approximate surface area is 116 Å². The van der Waals surface area contributed by atoms with E-state index in [1.165, 1.54) is 6.07 Å². The molecule has 2 unspecified atom stereocenters. The van der Waals surface area contributed by atoms with Gasteiger partial charge in [0.15, 0.2) is 17.7 Å². The van der Waals surface area contributed by atoms with Gasteiger partial charge in [0.1, 0.15) is 5.75 Å². The van der Waals surface area contributed by atoms with Crippen molar-refractivity contribution in [3.8, 4) is 5.75 Å². The number of nitrogens with one attached hydrogen (secondary N) is 2. The predicted octanol–water partition coefficient (Wildman–Crippen LogP) is 1.60. The molecule has 0 saturated carbocycles. The maximum Gasteiger partial charge on any atom is 0.260 e. The molecule has 1 aromatic carbocycles. The van der Waals surface area contributed by atoms with Crippen LogP contribution in [-0.2, 0) is 4.79 Å². The van der Waals surface area contributed by atoms with Crippen LogP contribution in [0.3, 0.4) is 0 Å². The van der Waals surface area contributed by atoms with Gasteiger partial charge in [-0.25, -0.2) is 8.78 Å². The molecule has 1 aromatic rings. The van der Waals surface area contributed by atoms with Crippen LogP contribution in [0.2, 0.25) is 0 Å². The first-order valence-electron chi connectivity index (χ1n) is 6.69. The van der Waals surface area contributed by atoms with E-state index in [9.17, 15) is 13.6 Å². The smallest absolute Gasteiger partial charge is 0.260 e. The monoisotopic (exact) mass is 284 g/mol. The van der Waals surface area contributed by atoms with Gasteiger partial charge in [0.2, 0.25) is 0 Å². The highest BCUT2D eigenvalue weighted by Crippen LogP contribution is 2.16. The molecule has 1 aliphatic rings. The Balaban J connectivity index is 1.81. The number of hydrogen-bond acceptors (Lipinski definition) is 3. The third-order valence-electron chi connectivity index (χ3n) is 3.26. The summed E-state index contributed by atoms with van der Waals surface area (Å²) in [7, 11) is 0. The number of carbonyl (C=O) groups excluding carboxylic acids is 1. The Morgan fingerprint density at radius 3 is 2.95 bits per heavy atom. The van der Waals surface area contributed by atoms with Crippen molar-refractivity contribution in [2.24, 2.45) is 0 Å². The Kier molecular flexibility index (Phi) is 4.89. The minimum Gasteiger partial charge on any atom is -0.481 e. The van der Waals surface area contributed by atoms with E-state index >= 15 is 0 Å². The van der Waals surface area contributed by atoms with Crippen LogP contribution >= 0.6 is 0 Å². The van der Waals surface area contributed by atoms with Crippen molar-refractivity contribution >= 4 is 5.91 Å². The second-order valence-electron chi connectivity index (χ2n) is 4.87. The molecule has 1 heterocycles. The first kappa shape index (κ1) is 14.7. The fourth-order valence-corrected chi connectivity index (χ4v) is 2.11. The van der Waals surface area contributed by atoms with Gasteiger partial charge in [-0.15, -0.1) is 0 Å². The van der Waals surface area contributed by atoms with Crippen molar-refractivity contribution in [3.63, 3.8) is 0 Å². The number of amides is 1. The van der Waals surface area contributed by atoms with Crippen molar-refractivity contribution in [1.82, 2.24) is 10.6 Å². The molecule has 110 valence electrons. The SMILES string of the molecule is CC(Oc1ccc(F)c(F)c1)C(=O)NCC1CCCN1. The first-order valence-corrected chi connectivity index (χ1v) is 6.69. The molecular weight excluding hydrogens is 266 g/mol. The van der Waals surface area contributed by atoms with Crippen LogP contribution in [0.1, 0.15) is 19.8 Å². The lowest BCUT2D eigenvalue weighted by Gasteiger charge is -2.17. The van der Waals surface area contributed by atoms with E-state index in [0.29, 0.717) is 12.6 Å². The Morgan fingerprint density at radius 1 is 1.50 bits per heavy atom. The standard InChI is InChI=1S/C14H18F2N2O2/c1-9(14(19)18-8-10-3-2-6-17-10)20-11-4-5-12(15)13(16)7-11/h4-5,7,9-10,17H,2-3,6,8H2,1H3,(H,18,19). The lowest BCUT2D eigenvalue weighted by Crippen LogP contribution is -2.42. The fraction of sp³-hybridized carbons (Fsp3) is 0.500. The summed E-state index contributed by atoms with van der Waals surface area (Å²) < 4.78 is 31.1. The van der Waals surface area contributed by atoms with E-state index in [-0.39, 0.29) is 11.7 Å². The zero-order chi connectivity index (χ0) is 14.5. The van der Waals surface area contributed by atoms with E-state index in [1.807, 2.05) is 0 Å². The third kappa shape index (κ3) is 3.90. The first-order chi connectivity index (χ1) is 9.56. The van der Waals surface area contributed by atoms with Crippen molar-refractivity contribution < 1.29 is 18.3 Å². The van der Waals surface area contributed by atoms with Crippen molar-refractivity contribution in [2.45, 2.75) is 31.9 Å². The van der Waals surface area contributed by atoms with Crippen molar-refractivity contribution in [2.75, 3.05) is 13.1 Å². The number of carbonyl (C=O) groups is 1. The molecule has 0 spiro atoms. The molecule has 2 atom stereocenters. The lowest BCUT2D eigenvalue weighted by atomic mass is 10.2. The van der Waals surface area contributed by atoms with Gasteiger partial charge in [-0.05, 0) is 38.4 Å². The van der Waals surface area contributed by atoms with Gasteiger partial charge in [-0.2, -0.15) is 0 Å². The Hall–Kier alpha value is -1.69. The highest BCUT2D eigenvalue weighted by atomic mass is 19.2. The largest absolute Gasteiger partial charge is 0.481 e. The number of rotatable bonds is 5. The van der Waals surface area contributed by atoms with E-state index in [2.05, 4.69) is 10.6 Å². The third-order valence-corrected chi connectivity index (χ3v) is 3.26. The van der Waals surface area contributed by atoms with Crippen LogP contribution in [-0.4, -0.2) is 31.1 Å². The van der Waals surface area contributed by atoms with Crippen LogP contribution in [0, 0.1) is 11.6 Å². The number of hydrogen-bond donors (Lipinski definition) is 2. The molecule has 0 aromatic heterocycles. The molecule has 2 N–H and O–H groups in total. The average molecular weight is 284 g/mol. The summed E-state index contributed by atoms with van der Waals surface area (Å²) in [5, 5.41) is 6.04. The summed E-state index contributed by atoms with van der Waals surface area (Å²) in [5.41, 5.74) is 0. The topological polar surface area (TPSA) is 50.4 Å². The van der Waals surface area contributed by atoms with Gasteiger partial charge in [0.25, 0.3) is 5.91 Å². The number of halogens is 2. The zero-order valence-corrected chi connectivity index (χ0v) is 11.3. The lowest BCUT2D eigenvalue weighted by molar-refractivity contribution is -0.127. The van der Waals surface area contributed by atoms with Crippen LogP contribution in [0.25, 0.3) is 0 Å². The quantitative estimate of drug-likeness (QED) is 0.863. The highest BCUT2D eigenvalue weighted by Gasteiger charge is 2.19. The summed E-state index contributed by atoms with van der Waals surface area (Å²) in [6.45, 7) is 3.09. The van der Waals surface area contributed by atoms with E-state index < -0.39 is 17.7 Å². The minimum atomic E-state index is -0.995. The Morgan fingerprint density at radius 2 is 2.30 bits per heavy atom. The normalized spacial score (nSPS) is 19.6. The maximum absolute atomic E-state index is 13.0. The second-order valence-corrected chi connectivity index (χ2v) is 4.87. The van der Waals surface area contributed by atoms with Gasteiger partial charge in [0.05, 0.1) is 0 Å². The second kappa shape index (κ2) is 6.65. The Bertz CT molecular complexity index is 476. The summed E-state index contributed by atoms with van der Waals surface area (Å²) in [5.74, 6) is -2.08. The average Bonchev–Trinajstić information content (AvgIpc) is 2.93. The van der Waals surface area contributed by atoms with Gasteiger partial charge >= 0.3 is 0 Å². The molecule has 20 heavy (non-hydrogen) atoms.